The highest BCUT2D eigenvalue weighted by atomic mass is 127. The zero-order chi connectivity index (χ0) is 16.7. The number of aliphatic imine (C=N–C) groups is 1. The monoisotopic (exact) mass is 439 g/mol. The Hall–Kier alpha value is -2.16. The second kappa shape index (κ2) is 9.86. The fourth-order valence-corrected chi connectivity index (χ4v) is 2.18. The third-order valence-corrected chi connectivity index (χ3v) is 3.10. The van der Waals surface area contributed by atoms with E-state index in [9.17, 15) is 4.79 Å². The number of pyridine rings is 1. The maximum atomic E-state index is 11.8. The molecule has 0 atom stereocenters. The molecule has 2 aromatic rings. The Labute approximate surface area is 159 Å². The van der Waals surface area contributed by atoms with Crippen LogP contribution < -0.4 is 16.4 Å². The lowest BCUT2D eigenvalue weighted by molar-refractivity contribution is 0.0954. The van der Waals surface area contributed by atoms with Gasteiger partial charge in [-0.05, 0) is 49.2 Å². The maximum Gasteiger partial charge on any atom is 0.252 e. The second-order valence-electron chi connectivity index (χ2n) is 5.27. The summed E-state index contributed by atoms with van der Waals surface area (Å²) in [5.41, 5.74) is 9.59. The second-order valence-corrected chi connectivity index (χ2v) is 5.27. The van der Waals surface area contributed by atoms with E-state index in [2.05, 4.69) is 26.7 Å². The van der Waals surface area contributed by atoms with Crippen LogP contribution in [-0.2, 0) is 0 Å². The third kappa shape index (κ3) is 6.53. The molecule has 0 spiro atoms. The van der Waals surface area contributed by atoms with Gasteiger partial charge in [-0.2, -0.15) is 0 Å². The van der Waals surface area contributed by atoms with Gasteiger partial charge in [-0.1, -0.05) is 6.07 Å². The Kier molecular flexibility index (Phi) is 8.17. The van der Waals surface area contributed by atoms with Gasteiger partial charge in [-0.25, -0.2) is 0 Å². The molecule has 24 heavy (non-hydrogen) atoms. The third-order valence-electron chi connectivity index (χ3n) is 3.10. The van der Waals surface area contributed by atoms with E-state index in [1.807, 2.05) is 26.0 Å². The van der Waals surface area contributed by atoms with Crippen molar-refractivity contribution in [2.75, 3.05) is 18.4 Å². The first-order valence-corrected chi connectivity index (χ1v) is 7.38. The van der Waals surface area contributed by atoms with E-state index in [4.69, 9.17) is 5.73 Å². The summed E-state index contributed by atoms with van der Waals surface area (Å²) >= 11 is 0. The minimum Gasteiger partial charge on any atom is -0.370 e. The number of guanidine groups is 1. The summed E-state index contributed by atoms with van der Waals surface area (Å²) in [7, 11) is 0. The lowest BCUT2D eigenvalue weighted by atomic mass is 10.1. The van der Waals surface area contributed by atoms with Gasteiger partial charge >= 0.3 is 0 Å². The van der Waals surface area contributed by atoms with Crippen molar-refractivity contribution in [1.29, 1.82) is 0 Å². The molecule has 0 saturated carbocycles. The van der Waals surface area contributed by atoms with Crippen LogP contribution in [0, 0.1) is 13.8 Å². The Bertz CT molecular complexity index is 683. The lowest BCUT2D eigenvalue weighted by Gasteiger charge is -2.08. The summed E-state index contributed by atoms with van der Waals surface area (Å²) in [6.07, 6.45) is 3.15. The van der Waals surface area contributed by atoms with Crippen LogP contribution in [0.2, 0.25) is 0 Å². The molecular weight excluding hydrogens is 417 g/mol. The fourth-order valence-electron chi connectivity index (χ4n) is 2.18. The SMILES string of the molecule is Cc1cc(C)cc(NC(N)=NCCNC(=O)c2cccnc2)c1.I. The number of anilines is 1. The van der Waals surface area contributed by atoms with Crippen molar-refractivity contribution in [3.63, 3.8) is 0 Å². The first-order valence-electron chi connectivity index (χ1n) is 7.38. The van der Waals surface area contributed by atoms with Crippen molar-refractivity contribution in [2.45, 2.75) is 13.8 Å². The van der Waals surface area contributed by atoms with Gasteiger partial charge in [0.2, 0.25) is 0 Å². The lowest BCUT2D eigenvalue weighted by Crippen LogP contribution is -2.28. The molecule has 0 aliphatic carbocycles. The molecule has 7 heteroatoms. The van der Waals surface area contributed by atoms with Gasteiger partial charge in [0.25, 0.3) is 5.91 Å². The Morgan fingerprint density at radius 3 is 2.58 bits per heavy atom. The van der Waals surface area contributed by atoms with E-state index in [0.717, 1.165) is 16.8 Å². The molecule has 1 amide bonds. The van der Waals surface area contributed by atoms with Gasteiger partial charge < -0.3 is 16.4 Å². The summed E-state index contributed by atoms with van der Waals surface area (Å²) in [5.74, 6) is 0.153. The standard InChI is InChI=1S/C17H21N5O.HI/c1-12-8-13(2)10-15(9-12)22-17(18)21-7-6-20-16(23)14-4-3-5-19-11-14;/h3-5,8-11H,6-7H2,1-2H3,(H,20,23)(H3,18,21,22);1H. The number of aryl methyl sites for hydroxylation is 2. The smallest absolute Gasteiger partial charge is 0.252 e. The molecule has 4 N–H and O–H groups in total. The summed E-state index contributed by atoms with van der Waals surface area (Å²) in [6, 6.07) is 9.52. The van der Waals surface area contributed by atoms with Crippen molar-refractivity contribution in [2.24, 2.45) is 10.7 Å². The van der Waals surface area contributed by atoms with Crippen molar-refractivity contribution in [3.05, 3.63) is 59.4 Å². The van der Waals surface area contributed by atoms with Crippen LogP contribution in [0.5, 0.6) is 0 Å². The number of carbonyl (C=O) groups excluding carboxylic acids is 1. The van der Waals surface area contributed by atoms with E-state index in [0.29, 0.717) is 24.6 Å². The largest absolute Gasteiger partial charge is 0.370 e. The van der Waals surface area contributed by atoms with E-state index in [-0.39, 0.29) is 29.9 Å². The number of nitrogens with one attached hydrogen (secondary N) is 2. The quantitative estimate of drug-likeness (QED) is 0.289. The highest BCUT2D eigenvalue weighted by molar-refractivity contribution is 14.0. The number of hydrogen-bond acceptors (Lipinski definition) is 3. The van der Waals surface area contributed by atoms with Crippen LogP contribution in [-0.4, -0.2) is 29.9 Å². The fraction of sp³-hybridized carbons (Fsp3) is 0.235. The number of aromatic nitrogens is 1. The number of nitrogens with zero attached hydrogens (tertiary/aromatic N) is 2. The molecule has 0 fully saturated rings. The molecule has 0 radical (unpaired) electrons. The Morgan fingerprint density at radius 2 is 1.96 bits per heavy atom. The Morgan fingerprint density at radius 1 is 1.25 bits per heavy atom. The molecule has 1 aromatic carbocycles. The molecule has 0 unspecified atom stereocenters. The number of amides is 1. The number of nitrogens with two attached hydrogens (primary N) is 1. The molecule has 1 heterocycles. The summed E-state index contributed by atoms with van der Waals surface area (Å²) in [5, 5.41) is 5.82. The number of carbonyl (C=O) groups is 1. The normalized spacial score (nSPS) is 10.7. The van der Waals surface area contributed by atoms with E-state index >= 15 is 0 Å². The van der Waals surface area contributed by atoms with Crippen LogP contribution >= 0.6 is 24.0 Å². The molecule has 0 aliphatic heterocycles. The summed E-state index contributed by atoms with van der Waals surface area (Å²) in [4.78, 5) is 19.9. The maximum absolute atomic E-state index is 11.8. The van der Waals surface area contributed by atoms with Gasteiger partial charge in [0.15, 0.2) is 5.96 Å². The van der Waals surface area contributed by atoms with Crippen LogP contribution in [0.25, 0.3) is 0 Å². The Balaban J connectivity index is 0.00000288. The average Bonchev–Trinajstić information content (AvgIpc) is 2.51. The molecule has 0 bridgehead atoms. The van der Waals surface area contributed by atoms with Crippen molar-refractivity contribution in [1.82, 2.24) is 10.3 Å². The van der Waals surface area contributed by atoms with E-state index in [1.54, 1.807) is 18.3 Å². The van der Waals surface area contributed by atoms with E-state index < -0.39 is 0 Å². The van der Waals surface area contributed by atoms with Gasteiger partial charge in [-0.3, -0.25) is 14.8 Å². The first-order chi connectivity index (χ1) is 11.0. The van der Waals surface area contributed by atoms with Crippen molar-refractivity contribution in [3.8, 4) is 0 Å². The zero-order valence-electron chi connectivity index (χ0n) is 13.7. The van der Waals surface area contributed by atoms with Crippen LogP contribution in [0.3, 0.4) is 0 Å². The minimum absolute atomic E-state index is 0. The topological polar surface area (TPSA) is 92.4 Å². The highest BCUT2D eigenvalue weighted by Gasteiger charge is 2.03. The number of halogens is 1. The first kappa shape index (κ1) is 19.9. The average molecular weight is 439 g/mol. The van der Waals surface area contributed by atoms with Gasteiger partial charge in [-0.15, -0.1) is 24.0 Å². The van der Waals surface area contributed by atoms with Crippen LogP contribution in [0.15, 0.2) is 47.7 Å². The summed E-state index contributed by atoms with van der Waals surface area (Å²) < 4.78 is 0. The predicted molar refractivity (Wildman–Crippen MR) is 108 cm³/mol. The molecule has 0 saturated heterocycles. The summed E-state index contributed by atoms with van der Waals surface area (Å²) in [6.45, 7) is 4.86. The van der Waals surface area contributed by atoms with Gasteiger partial charge in [0, 0.05) is 24.6 Å². The van der Waals surface area contributed by atoms with E-state index in [1.165, 1.54) is 6.20 Å². The van der Waals surface area contributed by atoms with Crippen molar-refractivity contribution >= 4 is 41.5 Å². The molecule has 128 valence electrons. The zero-order valence-corrected chi connectivity index (χ0v) is 16.1. The molecule has 2 rings (SSSR count). The predicted octanol–water partition coefficient (Wildman–Crippen LogP) is 2.47. The van der Waals surface area contributed by atoms with Crippen LogP contribution in [0.4, 0.5) is 5.69 Å². The molecule has 1 aromatic heterocycles. The number of rotatable bonds is 5. The number of benzene rings is 1. The molecule has 0 aliphatic rings. The van der Waals surface area contributed by atoms with Crippen molar-refractivity contribution < 1.29 is 4.79 Å². The van der Waals surface area contributed by atoms with Crippen LogP contribution in [0.1, 0.15) is 21.5 Å². The highest BCUT2D eigenvalue weighted by Crippen LogP contribution is 2.13. The molecular formula is C17H22IN5O. The van der Waals surface area contributed by atoms with Gasteiger partial charge in [0.05, 0.1) is 12.1 Å². The minimum atomic E-state index is -0.172. The molecule has 6 nitrogen and oxygen atoms in total. The number of hydrogen-bond donors (Lipinski definition) is 3. The van der Waals surface area contributed by atoms with Gasteiger partial charge in [0.1, 0.15) is 0 Å².